The van der Waals surface area contributed by atoms with Crippen LogP contribution in [0.3, 0.4) is 0 Å². The van der Waals surface area contributed by atoms with Gasteiger partial charge in [0.05, 0.1) is 18.8 Å². The van der Waals surface area contributed by atoms with E-state index in [2.05, 4.69) is 13.8 Å². The predicted molar refractivity (Wildman–Crippen MR) is 131 cm³/mol. The van der Waals surface area contributed by atoms with E-state index in [4.69, 9.17) is 14.6 Å². The zero-order valence-electron chi connectivity index (χ0n) is 19.6. The molecule has 180 valence electrons. The Hall–Kier alpha value is -1.38. The fourth-order valence-corrected chi connectivity index (χ4v) is 6.79. The number of thioether (sulfide) groups is 2. The van der Waals surface area contributed by atoms with Crippen LogP contribution in [0.1, 0.15) is 75.7 Å². The average Bonchev–Trinajstić information content (AvgIpc) is 3.01. The third-order valence-corrected chi connectivity index (χ3v) is 8.49. The summed E-state index contributed by atoms with van der Waals surface area (Å²) in [4.78, 5) is 22.1. The van der Waals surface area contributed by atoms with Crippen LogP contribution in [0.25, 0.3) is 0 Å². The SMILES string of the molecule is CCCc1c(OCCCSCC2(C)COC(C)(CCCC(=O)O)S2)ccc(C(C)=O)c1O. The van der Waals surface area contributed by atoms with E-state index in [0.29, 0.717) is 42.9 Å². The number of ether oxygens (including phenoxy) is 2. The maximum absolute atomic E-state index is 11.7. The number of hydrogen-bond acceptors (Lipinski definition) is 7. The molecule has 1 fully saturated rings. The van der Waals surface area contributed by atoms with Gasteiger partial charge in [0.1, 0.15) is 16.4 Å². The topological polar surface area (TPSA) is 93.1 Å². The molecule has 1 aliphatic heterocycles. The summed E-state index contributed by atoms with van der Waals surface area (Å²) >= 11 is 3.69. The van der Waals surface area contributed by atoms with Crippen molar-refractivity contribution in [1.82, 2.24) is 0 Å². The zero-order chi connectivity index (χ0) is 23.8. The van der Waals surface area contributed by atoms with Gasteiger partial charge in [-0.05, 0) is 64.3 Å². The number of phenolic OH excluding ortho intramolecular Hbond substituents is 1. The van der Waals surface area contributed by atoms with Gasteiger partial charge in [0.25, 0.3) is 0 Å². The summed E-state index contributed by atoms with van der Waals surface area (Å²) in [6, 6.07) is 3.42. The van der Waals surface area contributed by atoms with Crippen molar-refractivity contribution in [3.05, 3.63) is 23.3 Å². The minimum absolute atomic E-state index is 0.0199. The Balaban J connectivity index is 1.75. The number of ketones is 1. The van der Waals surface area contributed by atoms with Crippen LogP contribution < -0.4 is 4.74 Å². The van der Waals surface area contributed by atoms with Gasteiger partial charge in [0.2, 0.25) is 0 Å². The van der Waals surface area contributed by atoms with Gasteiger partial charge in [-0.15, -0.1) is 11.8 Å². The van der Waals surface area contributed by atoms with Crippen LogP contribution in [0.5, 0.6) is 11.5 Å². The summed E-state index contributed by atoms with van der Waals surface area (Å²) in [6.45, 7) is 8.98. The lowest BCUT2D eigenvalue weighted by molar-refractivity contribution is -0.137. The molecule has 2 unspecified atom stereocenters. The zero-order valence-corrected chi connectivity index (χ0v) is 21.2. The van der Waals surface area contributed by atoms with Crippen molar-refractivity contribution >= 4 is 35.3 Å². The maximum Gasteiger partial charge on any atom is 0.303 e. The summed E-state index contributed by atoms with van der Waals surface area (Å²) in [5.41, 5.74) is 1.05. The number of phenols is 1. The number of carbonyl (C=O) groups is 2. The molecule has 1 aliphatic rings. The molecule has 32 heavy (non-hydrogen) atoms. The number of carboxylic acids is 1. The van der Waals surface area contributed by atoms with Gasteiger partial charge >= 0.3 is 5.97 Å². The van der Waals surface area contributed by atoms with Gasteiger partial charge in [-0.1, -0.05) is 13.3 Å². The number of hydrogen-bond donors (Lipinski definition) is 2. The summed E-state index contributed by atoms with van der Waals surface area (Å²) in [5.74, 6) is 1.70. The quantitative estimate of drug-likeness (QED) is 0.262. The lowest BCUT2D eigenvalue weighted by atomic mass is 10.0. The lowest BCUT2D eigenvalue weighted by Crippen LogP contribution is -2.25. The molecule has 0 saturated carbocycles. The number of carboxylic acid groups (broad SMARTS) is 1. The lowest BCUT2D eigenvalue weighted by Gasteiger charge is -2.25. The van der Waals surface area contributed by atoms with Crippen molar-refractivity contribution in [2.75, 3.05) is 24.7 Å². The molecular formula is C24H36O6S2. The first-order valence-corrected chi connectivity index (χ1v) is 13.2. The molecule has 0 amide bonds. The van der Waals surface area contributed by atoms with E-state index in [-0.39, 0.29) is 27.6 Å². The molecule has 2 N–H and O–H groups in total. The van der Waals surface area contributed by atoms with E-state index in [1.54, 1.807) is 12.1 Å². The van der Waals surface area contributed by atoms with Gasteiger partial charge in [-0.25, -0.2) is 0 Å². The number of Topliss-reactive ketones (excluding diaryl/α,β-unsaturated/α-hetero) is 1. The fraction of sp³-hybridized carbons (Fsp3) is 0.667. The summed E-state index contributed by atoms with van der Waals surface area (Å²) < 4.78 is 12.0. The Bertz CT molecular complexity index is 799. The van der Waals surface area contributed by atoms with Gasteiger partial charge in [0.15, 0.2) is 5.78 Å². The number of benzene rings is 1. The monoisotopic (exact) mass is 484 g/mol. The van der Waals surface area contributed by atoms with Gasteiger partial charge in [-0.2, -0.15) is 11.8 Å². The van der Waals surface area contributed by atoms with E-state index in [1.807, 2.05) is 30.4 Å². The van der Waals surface area contributed by atoms with Crippen LogP contribution in [0.15, 0.2) is 12.1 Å². The van der Waals surface area contributed by atoms with E-state index in [9.17, 15) is 14.7 Å². The molecule has 0 aromatic heterocycles. The van der Waals surface area contributed by atoms with Crippen molar-refractivity contribution in [3.8, 4) is 11.5 Å². The Morgan fingerprint density at radius 3 is 2.69 bits per heavy atom. The van der Waals surface area contributed by atoms with Gasteiger partial charge < -0.3 is 19.7 Å². The van der Waals surface area contributed by atoms with Crippen LogP contribution in [-0.4, -0.2) is 56.4 Å². The second kappa shape index (κ2) is 12.2. The first-order chi connectivity index (χ1) is 15.1. The number of carbonyl (C=O) groups excluding carboxylic acids is 1. The molecule has 1 aromatic rings. The largest absolute Gasteiger partial charge is 0.507 e. The highest BCUT2D eigenvalue weighted by Gasteiger charge is 2.44. The van der Waals surface area contributed by atoms with Crippen LogP contribution in [0.2, 0.25) is 0 Å². The molecule has 1 aromatic carbocycles. The minimum atomic E-state index is -0.760. The third-order valence-electron chi connectivity index (χ3n) is 5.38. The van der Waals surface area contributed by atoms with E-state index in [0.717, 1.165) is 30.8 Å². The van der Waals surface area contributed by atoms with Crippen LogP contribution >= 0.6 is 23.5 Å². The highest BCUT2D eigenvalue weighted by molar-refractivity contribution is 8.04. The van der Waals surface area contributed by atoms with Crippen molar-refractivity contribution in [3.63, 3.8) is 0 Å². The molecular weight excluding hydrogens is 448 g/mol. The molecule has 6 nitrogen and oxygen atoms in total. The molecule has 1 heterocycles. The van der Waals surface area contributed by atoms with E-state index in [1.165, 1.54) is 6.92 Å². The maximum atomic E-state index is 11.7. The van der Waals surface area contributed by atoms with Crippen molar-refractivity contribution < 1.29 is 29.3 Å². The van der Waals surface area contributed by atoms with Crippen molar-refractivity contribution in [1.29, 1.82) is 0 Å². The Kier molecular flexibility index (Phi) is 10.2. The van der Waals surface area contributed by atoms with Crippen LogP contribution in [0.4, 0.5) is 0 Å². The smallest absolute Gasteiger partial charge is 0.303 e. The average molecular weight is 485 g/mol. The van der Waals surface area contributed by atoms with Gasteiger partial charge in [0, 0.05) is 22.5 Å². The number of rotatable bonds is 14. The van der Waals surface area contributed by atoms with Gasteiger partial charge in [-0.3, -0.25) is 9.59 Å². The summed E-state index contributed by atoms with van der Waals surface area (Å²) in [5, 5.41) is 19.3. The minimum Gasteiger partial charge on any atom is -0.507 e. The highest BCUT2D eigenvalue weighted by atomic mass is 32.2. The second-order valence-corrected chi connectivity index (χ2v) is 11.9. The Morgan fingerprint density at radius 1 is 1.28 bits per heavy atom. The molecule has 0 bridgehead atoms. The number of aromatic hydroxyl groups is 1. The van der Waals surface area contributed by atoms with E-state index < -0.39 is 5.97 Å². The fourth-order valence-electron chi connectivity index (χ4n) is 3.80. The van der Waals surface area contributed by atoms with E-state index >= 15 is 0 Å². The van der Waals surface area contributed by atoms with Crippen LogP contribution in [0, 0.1) is 0 Å². The predicted octanol–water partition coefficient (Wildman–Crippen LogP) is 5.54. The number of aliphatic carboxylic acids is 1. The first-order valence-electron chi connectivity index (χ1n) is 11.2. The highest BCUT2D eigenvalue weighted by Crippen LogP contribution is 2.49. The molecule has 2 rings (SSSR count). The molecule has 0 aliphatic carbocycles. The molecule has 1 saturated heterocycles. The molecule has 0 spiro atoms. The Morgan fingerprint density at radius 2 is 2.03 bits per heavy atom. The summed E-state index contributed by atoms with van der Waals surface area (Å²) in [7, 11) is 0. The Labute approximate surface area is 199 Å². The second-order valence-electron chi connectivity index (χ2n) is 8.72. The first kappa shape index (κ1) is 26.9. The van der Waals surface area contributed by atoms with Crippen LogP contribution in [-0.2, 0) is 16.0 Å². The van der Waals surface area contributed by atoms with Crippen molar-refractivity contribution in [2.24, 2.45) is 0 Å². The normalized spacial score (nSPS) is 22.8. The molecule has 8 heteroatoms. The standard InChI is InChI=1S/C24H36O6S2/c1-5-8-19-20(11-10-18(17(2)25)22(19)28)29-13-7-14-31-16-23(3)15-30-24(4,32-23)12-6-9-21(26)27/h10-11,28H,5-9,12-16H2,1-4H3,(H,26,27). The third kappa shape index (κ3) is 7.89. The molecule has 0 radical (unpaired) electrons. The van der Waals surface area contributed by atoms with Crippen molar-refractivity contribution in [2.45, 2.75) is 75.9 Å². The molecule has 2 atom stereocenters. The summed E-state index contributed by atoms with van der Waals surface area (Å²) in [6.07, 6.45) is 3.95.